The Labute approximate surface area is 197 Å². The Morgan fingerprint density at radius 3 is 2.56 bits per heavy atom. The number of fused-ring (bicyclic) bond motifs is 2. The Morgan fingerprint density at radius 1 is 1.00 bits per heavy atom. The summed E-state index contributed by atoms with van der Waals surface area (Å²) in [6, 6.07) is 19.5. The maximum absolute atomic E-state index is 12.9. The highest BCUT2D eigenvalue weighted by Crippen LogP contribution is 2.36. The smallest absolute Gasteiger partial charge is 0.231 e. The number of para-hydroxylation sites is 1. The Morgan fingerprint density at radius 2 is 1.76 bits per heavy atom. The minimum Gasteiger partial charge on any atom is -0.497 e. The van der Waals surface area contributed by atoms with Gasteiger partial charge in [0.25, 0.3) is 0 Å². The van der Waals surface area contributed by atoms with Gasteiger partial charge in [0, 0.05) is 17.2 Å². The molecule has 0 saturated carbocycles. The number of Topliss-reactive ketones (excluding diaryl/α,β-unsaturated/α-hetero) is 2. The summed E-state index contributed by atoms with van der Waals surface area (Å²) in [7, 11) is 1.57. The van der Waals surface area contributed by atoms with E-state index in [9.17, 15) is 9.59 Å². The van der Waals surface area contributed by atoms with E-state index in [0.717, 1.165) is 16.9 Å². The summed E-state index contributed by atoms with van der Waals surface area (Å²) in [6.45, 7) is 1.79. The van der Waals surface area contributed by atoms with Crippen LogP contribution < -0.4 is 18.9 Å². The van der Waals surface area contributed by atoms with Gasteiger partial charge in [-0.05, 0) is 67.1 Å². The summed E-state index contributed by atoms with van der Waals surface area (Å²) in [5, 5.41) is 0. The lowest BCUT2D eigenvalue weighted by Gasteiger charge is -2.22. The second kappa shape index (κ2) is 8.90. The summed E-state index contributed by atoms with van der Waals surface area (Å²) in [5.74, 6) is 2.18. The zero-order valence-corrected chi connectivity index (χ0v) is 18.7. The van der Waals surface area contributed by atoms with Crippen LogP contribution in [0.5, 0.6) is 23.0 Å². The molecular weight excluding hydrogens is 432 g/mol. The van der Waals surface area contributed by atoms with E-state index in [4.69, 9.17) is 18.9 Å². The van der Waals surface area contributed by atoms with Gasteiger partial charge in [-0.15, -0.1) is 0 Å². The number of hydrogen-bond donors (Lipinski definition) is 0. The summed E-state index contributed by atoms with van der Waals surface area (Å²) in [6.07, 6.45) is 3.50. The Kier molecular flexibility index (Phi) is 5.64. The van der Waals surface area contributed by atoms with Gasteiger partial charge in [-0.3, -0.25) is 9.59 Å². The van der Waals surface area contributed by atoms with Crippen LogP contribution in [0.1, 0.15) is 33.2 Å². The van der Waals surface area contributed by atoms with Gasteiger partial charge in [0.05, 0.1) is 12.7 Å². The fourth-order valence-corrected chi connectivity index (χ4v) is 3.84. The summed E-state index contributed by atoms with van der Waals surface area (Å²) in [4.78, 5) is 25.3. The van der Waals surface area contributed by atoms with Crippen molar-refractivity contribution in [2.45, 2.75) is 13.0 Å². The van der Waals surface area contributed by atoms with Crippen LogP contribution in [-0.2, 0) is 0 Å². The van der Waals surface area contributed by atoms with Crippen LogP contribution in [0.2, 0.25) is 0 Å². The molecule has 0 bridgehead atoms. The van der Waals surface area contributed by atoms with E-state index in [1.807, 2.05) is 37.3 Å². The van der Waals surface area contributed by atoms with Crippen molar-refractivity contribution in [1.29, 1.82) is 0 Å². The van der Waals surface area contributed by atoms with Crippen molar-refractivity contribution >= 4 is 17.6 Å². The standard InChI is InChI=1S/C28H22O6/c1-17-20(13-19-5-3-4-6-25(19)33-17)14-27-28(30)23-12-11-22(15-26(23)34-27)32-16-24(29)18-7-9-21(31-2)10-8-18/h3-15,17H,16H2,1-2H3/t17-/m1/s1. The first-order valence-corrected chi connectivity index (χ1v) is 10.9. The molecule has 2 aliphatic heterocycles. The van der Waals surface area contributed by atoms with E-state index in [1.165, 1.54) is 0 Å². The molecule has 34 heavy (non-hydrogen) atoms. The van der Waals surface area contributed by atoms with Gasteiger partial charge in [0.15, 0.2) is 18.1 Å². The van der Waals surface area contributed by atoms with Crippen molar-refractivity contribution in [3.05, 3.63) is 101 Å². The first kappa shape index (κ1) is 21.5. The van der Waals surface area contributed by atoms with Crippen LogP contribution in [0.3, 0.4) is 0 Å². The molecule has 3 aromatic rings. The first-order valence-electron chi connectivity index (χ1n) is 10.9. The average molecular weight is 454 g/mol. The predicted octanol–water partition coefficient (Wildman–Crippen LogP) is 5.28. The summed E-state index contributed by atoms with van der Waals surface area (Å²) < 4.78 is 22.6. The maximum atomic E-state index is 12.9. The molecule has 6 nitrogen and oxygen atoms in total. The van der Waals surface area contributed by atoms with Gasteiger partial charge in [0.2, 0.25) is 5.78 Å². The fourth-order valence-electron chi connectivity index (χ4n) is 3.84. The largest absolute Gasteiger partial charge is 0.497 e. The monoisotopic (exact) mass is 454 g/mol. The molecule has 0 unspecified atom stereocenters. The van der Waals surface area contributed by atoms with Crippen molar-refractivity contribution in [2.75, 3.05) is 13.7 Å². The number of hydrogen-bond acceptors (Lipinski definition) is 6. The van der Waals surface area contributed by atoms with Crippen molar-refractivity contribution in [2.24, 2.45) is 0 Å². The molecule has 1 atom stereocenters. The van der Waals surface area contributed by atoms with Gasteiger partial charge in [0.1, 0.15) is 29.1 Å². The third kappa shape index (κ3) is 4.18. The molecule has 0 fully saturated rings. The third-order valence-corrected chi connectivity index (χ3v) is 5.74. The van der Waals surface area contributed by atoms with Crippen molar-refractivity contribution in [3.8, 4) is 23.0 Å². The van der Waals surface area contributed by atoms with E-state index in [0.29, 0.717) is 28.4 Å². The Bertz CT molecular complexity index is 1330. The molecule has 0 spiro atoms. The number of allylic oxidation sites excluding steroid dienone is 1. The Balaban J connectivity index is 1.30. The van der Waals surface area contributed by atoms with Crippen LogP contribution in [0.25, 0.3) is 6.08 Å². The minimum absolute atomic E-state index is 0.136. The molecule has 2 heterocycles. The summed E-state index contributed by atoms with van der Waals surface area (Å²) in [5.41, 5.74) is 2.77. The van der Waals surface area contributed by atoms with E-state index in [-0.39, 0.29) is 30.0 Å². The number of benzene rings is 3. The van der Waals surface area contributed by atoms with Crippen molar-refractivity contribution in [3.63, 3.8) is 0 Å². The zero-order valence-electron chi connectivity index (χ0n) is 18.7. The molecule has 5 rings (SSSR count). The third-order valence-electron chi connectivity index (χ3n) is 5.74. The van der Waals surface area contributed by atoms with Crippen LogP contribution >= 0.6 is 0 Å². The number of carbonyl (C=O) groups is 2. The number of rotatable bonds is 6. The lowest BCUT2D eigenvalue weighted by atomic mass is 10.0. The average Bonchev–Trinajstić information content (AvgIpc) is 3.17. The second-order valence-electron chi connectivity index (χ2n) is 7.98. The zero-order chi connectivity index (χ0) is 23.7. The van der Waals surface area contributed by atoms with Crippen LogP contribution in [0, 0.1) is 0 Å². The number of ketones is 2. The van der Waals surface area contributed by atoms with E-state index < -0.39 is 0 Å². The molecule has 170 valence electrons. The van der Waals surface area contributed by atoms with Gasteiger partial charge in [-0.2, -0.15) is 0 Å². The Hall–Kier alpha value is -4.32. The van der Waals surface area contributed by atoms with E-state index >= 15 is 0 Å². The van der Waals surface area contributed by atoms with Gasteiger partial charge in [-0.25, -0.2) is 0 Å². The van der Waals surface area contributed by atoms with Crippen LogP contribution in [0.4, 0.5) is 0 Å². The molecule has 0 N–H and O–H groups in total. The highest BCUT2D eigenvalue weighted by Gasteiger charge is 2.29. The fraction of sp³-hybridized carbons (Fsp3) is 0.143. The highest BCUT2D eigenvalue weighted by atomic mass is 16.5. The molecule has 3 aromatic carbocycles. The minimum atomic E-state index is -0.217. The van der Waals surface area contributed by atoms with Gasteiger partial charge < -0.3 is 18.9 Å². The number of ether oxygens (including phenoxy) is 4. The molecule has 0 amide bonds. The predicted molar refractivity (Wildman–Crippen MR) is 127 cm³/mol. The summed E-state index contributed by atoms with van der Waals surface area (Å²) >= 11 is 0. The topological polar surface area (TPSA) is 71.1 Å². The lowest BCUT2D eigenvalue weighted by molar-refractivity contribution is 0.0920. The van der Waals surface area contributed by atoms with E-state index in [1.54, 1.807) is 55.7 Å². The molecular formula is C28H22O6. The van der Waals surface area contributed by atoms with Gasteiger partial charge >= 0.3 is 0 Å². The second-order valence-corrected chi connectivity index (χ2v) is 7.98. The SMILES string of the molecule is COc1ccc(C(=O)COc2ccc3c(c2)OC(=CC2=Cc4ccccc4O[C@@H]2C)C3=O)cc1. The van der Waals surface area contributed by atoms with Crippen LogP contribution in [0.15, 0.2) is 84.1 Å². The highest BCUT2D eigenvalue weighted by molar-refractivity contribution is 6.12. The molecule has 0 aliphatic carbocycles. The van der Waals surface area contributed by atoms with Gasteiger partial charge in [-0.1, -0.05) is 18.2 Å². The first-order chi connectivity index (χ1) is 16.5. The van der Waals surface area contributed by atoms with E-state index in [2.05, 4.69) is 0 Å². The van der Waals surface area contributed by atoms with Crippen molar-refractivity contribution in [1.82, 2.24) is 0 Å². The normalized spacial score (nSPS) is 17.2. The number of methoxy groups -OCH3 is 1. The molecule has 0 radical (unpaired) electrons. The number of carbonyl (C=O) groups excluding carboxylic acids is 2. The molecule has 0 saturated heterocycles. The van der Waals surface area contributed by atoms with Crippen molar-refractivity contribution < 1.29 is 28.5 Å². The molecule has 2 aliphatic rings. The molecule has 6 heteroatoms. The molecule has 0 aromatic heterocycles. The maximum Gasteiger partial charge on any atom is 0.231 e. The lowest BCUT2D eigenvalue weighted by Crippen LogP contribution is -2.18. The van der Waals surface area contributed by atoms with Crippen LogP contribution in [-0.4, -0.2) is 31.4 Å². The quantitative estimate of drug-likeness (QED) is 0.373.